The second-order valence-electron chi connectivity index (χ2n) is 7.17. The molecule has 0 saturated heterocycles. The molecule has 0 aliphatic carbocycles. The van der Waals surface area contributed by atoms with Crippen LogP contribution in [0.2, 0.25) is 0 Å². The number of quaternary nitrogens is 1. The third-order valence-electron chi connectivity index (χ3n) is 5.23. The van der Waals surface area contributed by atoms with Gasteiger partial charge in [0.1, 0.15) is 36.7 Å². The first kappa shape index (κ1) is 22.6. The highest BCUT2D eigenvalue weighted by atomic mass is 16.5. The molecule has 3 rings (SSSR count). The van der Waals surface area contributed by atoms with Crippen LogP contribution in [0.5, 0.6) is 17.2 Å². The molecule has 8 nitrogen and oxygen atoms in total. The number of rotatable bonds is 10. The number of aromatic hydroxyl groups is 1. The Kier molecular flexibility index (Phi) is 7.51. The van der Waals surface area contributed by atoms with Crippen molar-refractivity contribution in [1.82, 2.24) is 0 Å². The first-order chi connectivity index (χ1) is 15.0. The average molecular weight is 429 g/mol. The van der Waals surface area contributed by atoms with Crippen LogP contribution in [0.25, 0.3) is 22.1 Å². The van der Waals surface area contributed by atoms with Gasteiger partial charge in [0, 0.05) is 19.6 Å². The van der Waals surface area contributed by atoms with E-state index in [1.54, 1.807) is 38.5 Å². The summed E-state index contributed by atoms with van der Waals surface area (Å²) in [6, 6.07) is 9.57. The van der Waals surface area contributed by atoms with E-state index in [1.165, 1.54) is 19.2 Å². The van der Waals surface area contributed by atoms with E-state index >= 15 is 0 Å². The molecule has 0 bridgehead atoms. The summed E-state index contributed by atoms with van der Waals surface area (Å²) in [6.07, 6.45) is 0. The Hall–Kier alpha value is -3.07. The minimum atomic E-state index is -0.746. The Labute approximate surface area is 180 Å². The van der Waals surface area contributed by atoms with E-state index in [1.807, 2.05) is 0 Å². The predicted octanol–water partition coefficient (Wildman–Crippen LogP) is 0.926. The molecule has 0 atom stereocenters. The summed E-state index contributed by atoms with van der Waals surface area (Å²) in [5, 5.41) is 23.9. The van der Waals surface area contributed by atoms with Crippen molar-refractivity contribution in [2.45, 2.75) is 6.54 Å². The van der Waals surface area contributed by atoms with Crippen molar-refractivity contribution in [3.63, 3.8) is 0 Å². The third-order valence-corrected chi connectivity index (χ3v) is 5.23. The van der Waals surface area contributed by atoms with Gasteiger partial charge in [-0.05, 0) is 29.8 Å². The van der Waals surface area contributed by atoms with E-state index in [-0.39, 0.29) is 22.3 Å². The Morgan fingerprint density at radius 1 is 1.00 bits per heavy atom. The fourth-order valence-corrected chi connectivity index (χ4v) is 3.51. The molecule has 0 fully saturated rings. The molecule has 0 radical (unpaired) electrons. The monoisotopic (exact) mass is 429 g/mol. The van der Waals surface area contributed by atoms with Crippen LogP contribution in [-0.2, 0) is 16.0 Å². The lowest BCUT2D eigenvalue weighted by atomic mass is 10.0. The Morgan fingerprint density at radius 3 is 2.23 bits per heavy atom. The summed E-state index contributed by atoms with van der Waals surface area (Å²) in [7, 11) is 4.77. The quantitative estimate of drug-likeness (QED) is 0.462. The molecule has 8 heteroatoms. The van der Waals surface area contributed by atoms with E-state index in [0.29, 0.717) is 49.7 Å². The fourth-order valence-electron chi connectivity index (χ4n) is 3.51. The number of methoxy groups -OCH3 is 3. The van der Waals surface area contributed by atoms with Crippen LogP contribution in [0.3, 0.4) is 0 Å². The average Bonchev–Trinajstić information content (AvgIpc) is 2.77. The van der Waals surface area contributed by atoms with Crippen LogP contribution < -0.4 is 20.4 Å². The van der Waals surface area contributed by atoms with Gasteiger partial charge < -0.3 is 33.7 Å². The Balaban J connectivity index is 2.07. The van der Waals surface area contributed by atoms with Crippen molar-refractivity contribution in [1.29, 1.82) is 0 Å². The number of hydrogen-bond donors (Lipinski definition) is 2. The summed E-state index contributed by atoms with van der Waals surface area (Å²) in [5.41, 5.74) is 0.179. The highest BCUT2D eigenvalue weighted by Crippen LogP contribution is 2.35. The number of phenols is 1. The molecule has 0 aliphatic heterocycles. The molecule has 3 aromatic rings. The fraction of sp³-hybridized carbons (Fsp3) is 0.348. The van der Waals surface area contributed by atoms with Gasteiger partial charge in [0.2, 0.25) is 0 Å². The second-order valence-corrected chi connectivity index (χ2v) is 7.17. The SMILES string of the molecule is COCC[NH+](CCOC)Cc1c(O)ccc2c([O-])c(-c3ccc(OC)cc3)c(=O)oc12. The van der Waals surface area contributed by atoms with Crippen molar-refractivity contribution < 1.29 is 33.7 Å². The molecule has 31 heavy (non-hydrogen) atoms. The summed E-state index contributed by atoms with van der Waals surface area (Å²) in [6.45, 7) is 2.70. The van der Waals surface area contributed by atoms with Crippen LogP contribution >= 0.6 is 0 Å². The molecule has 0 unspecified atom stereocenters. The highest BCUT2D eigenvalue weighted by Gasteiger charge is 2.20. The van der Waals surface area contributed by atoms with E-state index in [0.717, 1.165) is 4.90 Å². The smallest absolute Gasteiger partial charge is 0.343 e. The lowest BCUT2D eigenvalue weighted by Crippen LogP contribution is -3.11. The molecule has 0 spiro atoms. The standard InChI is InChI=1S/C23H27NO7/c1-28-12-10-24(11-13-29-2)14-18-19(25)9-8-17-21(26)20(23(27)31-22(17)18)15-4-6-16(30-3)7-5-15/h4-9,25-26H,10-14H2,1-3H3. The predicted molar refractivity (Wildman–Crippen MR) is 114 cm³/mol. The topological polar surface area (TPSA) is 106 Å². The van der Waals surface area contributed by atoms with Crippen LogP contribution in [-0.4, -0.2) is 52.7 Å². The molecule has 0 saturated carbocycles. The van der Waals surface area contributed by atoms with Gasteiger partial charge in [0.25, 0.3) is 0 Å². The number of nitrogens with one attached hydrogen (secondary N) is 1. The van der Waals surface area contributed by atoms with E-state index in [9.17, 15) is 15.0 Å². The summed E-state index contributed by atoms with van der Waals surface area (Å²) >= 11 is 0. The second kappa shape index (κ2) is 10.3. The minimum Gasteiger partial charge on any atom is -0.871 e. The Bertz CT molecular complexity index is 1070. The molecule has 0 amide bonds. The number of hydrogen-bond acceptors (Lipinski definition) is 7. The van der Waals surface area contributed by atoms with Crippen molar-refractivity contribution in [3.8, 4) is 28.4 Å². The van der Waals surface area contributed by atoms with Crippen molar-refractivity contribution in [2.75, 3.05) is 47.6 Å². The van der Waals surface area contributed by atoms with Gasteiger partial charge in [-0.1, -0.05) is 17.9 Å². The van der Waals surface area contributed by atoms with Gasteiger partial charge in [-0.15, -0.1) is 0 Å². The zero-order valence-electron chi connectivity index (χ0n) is 17.9. The van der Waals surface area contributed by atoms with Crippen LogP contribution in [0.15, 0.2) is 45.6 Å². The minimum absolute atomic E-state index is 0.0282. The third kappa shape index (κ3) is 4.99. The van der Waals surface area contributed by atoms with Gasteiger partial charge >= 0.3 is 5.63 Å². The molecular formula is C23H27NO7. The Morgan fingerprint density at radius 2 is 1.65 bits per heavy atom. The maximum absolute atomic E-state index is 13.2. The lowest BCUT2D eigenvalue weighted by molar-refractivity contribution is -0.914. The summed E-state index contributed by atoms with van der Waals surface area (Å²) in [4.78, 5) is 13.8. The number of phenolic OH excluding ortho intramolecular Hbond substituents is 1. The van der Waals surface area contributed by atoms with Gasteiger partial charge in [0.15, 0.2) is 0 Å². The summed E-state index contributed by atoms with van der Waals surface area (Å²) < 4.78 is 21.1. The molecule has 2 N–H and O–H groups in total. The molecular weight excluding hydrogens is 402 g/mol. The van der Waals surface area contributed by atoms with Crippen LogP contribution in [0, 0.1) is 0 Å². The van der Waals surface area contributed by atoms with Gasteiger partial charge in [-0.3, -0.25) is 0 Å². The van der Waals surface area contributed by atoms with Gasteiger partial charge in [0.05, 0.1) is 31.5 Å². The van der Waals surface area contributed by atoms with Gasteiger partial charge in [-0.2, -0.15) is 0 Å². The van der Waals surface area contributed by atoms with E-state index in [2.05, 4.69) is 0 Å². The van der Waals surface area contributed by atoms with Gasteiger partial charge in [-0.25, -0.2) is 4.79 Å². The van der Waals surface area contributed by atoms with Crippen LogP contribution in [0.1, 0.15) is 5.56 Å². The molecule has 2 aromatic carbocycles. The van der Waals surface area contributed by atoms with Crippen molar-refractivity contribution in [2.24, 2.45) is 0 Å². The first-order valence-corrected chi connectivity index (χ1v) is 9.94. The maximum atomic E-state index is 13.2. The molecule has 0 aliphatic rings. The zero-order chi connectivity index (χ0) is 22.4. The zero-order valence-corrected chi connectivity index (χ0v) is 17.9. The molecule has 1 aromatic heterocycles. The van der Waals surface area contributed by atoms with Crippen LogP contribution in [0.4, 0.5) is 0 Å². The number of ether oxygens (including phenoxy) is 3. The molecule has 1 heterocycles. The maximum Gasteiger partial charge on any atom is 0.343 e. The first-order valence-electron chi connectivity index (χ1n) is 9.94. The number of benzene rings is 2. The van der Waals surface area contributed by atoms with E-state index < -0.39 is 11.4 Å². The van der Waals surface area contributed by atoms with Crippen molar-refractivity contribution in [3.05, 3.63) is 52.4 Å². The number of fused-ring (bicyclic) bond motifs is 1. The normalized spacial score (nSPS) is 11.4. The summed E-state index contributed by atoms with van der Waals surface area (Å²) in [5.74, 6) is 0.149. The highest BCUT2D eigenvalue weighted by molar-refractivity contribution is 5.92. The lowest BCUT2D eigenvalue weighted by Gasteiger charge is -2.21. The van der Waals surface area contributed by atoms with E-state index in [4.69, 9.17) is 18.6 Å². The largest absolute Gasteiger partial charge is 0.871 e. The van der Waals surface area contributed by atoms with Crippen molar-refractivity contribution >= 4 is 11.0 Å². The molecule has 166 valence electrons.